The van der Waals surface area contributed by atoms with Gasteiger partial charge in [-0.25, -0.2) is 0 Å². The highest BCUT2D eigenvalue weighted by molar-refractivity contribution is 6.03. The van der Waals surface area contributed by atoms with Gasteiger partial charge in [0.05, 0.1) is 6.07 Å². The van der Waals surface area contributed by atoms with Gasteiger partial charge in [-0.15, -0.1) is 0 Å². The lowest BCUT2D eigenvalue weighted by atomic mass is 9.94. The molecule has 0 saturated heterocycles. The fourth-order valence-corrected chi connectivity index (χ4v) is 2.29. The Bertz CT molecular complexity index is 805. The molecule has 1 aromatic heterocycles. The fraction of sp³-hybridized carbons (Fsp3) is 0.111. The summed E-state index contributed by atoms with van der Waals surface area (Å²) in [7, 11) is 0. The summed E-state index contributed by atoms with van der Waals surface area (Å²) in [5.41, 5.74) is 2.43. The molecule has 1 atom stereocenters. The van der Waals surface area contributed by atoms with E-state index in [4.69, 9.17) is 4.42 Å². The Kier molecular flexibility index (Phi) is 3.29. The SMILES string of the molecule is Cc1ccc(C(C#N)C(=O)c2cc3ccccc3o2)cc1. The van der Waals surface area contributed by atoms with Crippen molar-refractivity contribution in [3.63, 3.8) is 0 Å². The van der Waals surface area contributed by atoms with Crippen molar-refractivity contribution in [3.05, 3.63) is 71.5 Å². The van der Waals surface area contributed by atoms with Crippen molar-refractivity contribution in [2.24, 2.45) is 0 Å². The predicted octanol–water partition coefficient (Wildman–Crippen LogP) is 4.23. The average molecular weight is 275 g/mol. The predicted molar refractivity (Wildman–Crippen MR) is 80.1 cm³/mol. The van der Waals surface area contributed by atoms with Crippen molar-refractivity contribution in [3.8, 4) is 6.07 Å². The topological polar surface area (TPSA) is 54.0 Å². The summed E-state index contributed by atoms with van der Waals surface area (Å²) in [5.74, 6) is -0.924. The Morgan fingerprint density at radius 1 is 1.14 bits per heavy atom. The van der Waals surface area contributed by atoms with Crippen LogP contribution in [0.15, 0.2) is 59.0 Å². The Morgan fingerprint density at radius 3 is 2.52 bits per heavy atom. The Labute approximate surface area is 122 Å². The van der Waals surface area contributed by atoms with Crippen LogP contribution in [0.2, 0.25) is 0 Å². The van der Waals surface area contributed by atoms with Crippen molar-refractivity contribution in [1.82, 2.24) is 0 Å². The summed E-state index contributed by atoms with van der Waals surface area (Å²) in [6.07, 6.45) is 0. The Balaban J connectivity index is 1.99. The summed E-state index contributed by atoms with van der Waals surface area (Å²) >= 11 is 0. The van der Waals surface area contributed by atoms with Gasteiger partial charge in [0, 0.05) is 5.39 Å². The number of carbonyl (C=O) groups is 1. The van der Waals surface area contributed by atoms with Crippen LogP contribution >= 0.6 is 0 Å². The minimum Gasteiger partial charge on any atom is -0.453 e. The van der Waals surface area contributed by atoms with Crippen molar-refractivity contribution < 1.29 is 9.21 Å². The monoisotopic (exact) mass is 275 g/mol. The number of hydrogen-bond donors (Lipinski definition) is 0. The molecule has 0 N–H and O–H groups in total. The minimum absolute atomic E-state index is 0.225. The summed E-state index contributed by atoms with van der Waals surface area (Å²) < 4.78 is 5.56. The fourth-order valence-electron chi connectivity index (χ4n) is 2.29. The van der Waals surface area contributed by atoms with Gasteiger partial charge in [0.1, 0.15) is 11.5 Å². The summed E-state index contributed by atoms with van der Waals surface area (Å²) in [6, 6.07) is 18.6. The van der Waals surface area contributed by atoms with Crippen LogP contribution in [0.5, 0.6) is 0 Å². The standard InChI is InChI=1S/C18H13NO2/c1-12-6-8-13(9-7-12)15(11-19)18(20)17-10-14-4-2-3-5-16(14)21-17/h2-10,15H,1H3. The van der Waals surface area contributed by atoms with Gasteiger partial charge in [0.25, 0.3) is 0 Å². The number of para-hydroxylation sites is 1. The van der Waals surface area contributed by atoms with E-state index in [0.717, 1.165) is 10.9 Å². The quantitative estimate of drug-likeness (QED) is 0.672. The second-order valence-electron chi connectivity index (χ2n) is 4.99. The molecule has 1 heterocycles. The van der Waals surface area contributed by atoms with E-state index >= 15 is 0 Å². The molecule has 0 radical (unpaired) electrons. The molecule has 3 rings (SSSR count). The van der Waals surface area contributed by atoms with Crippen molar-refractivity contribution >= 4 is 16.8 Å². The molecule has 3 heteroatoms. The first-order chi connectivity index (χ1) is 10.2. The van der Waals surface area contributed by atoms with E-state index in [1.165, 1.54) is 0 Å². The molecule has 0 spiro atoms. The molecular formula is C18H13NO2. The van der Waals surface area contributed by atoms with Crippen LogP contribution < -0.4 is 0 Å². The van der Waals surface area contributed by atoms with E-state index in [1.54, 1.807) is 12.1 Å². The first kappa shape index (κ1) is 13.1. The van der Waals surface area contributed by atoms with Gasteiger partial charge in [0.15, 0.2) is 5.76 Å². The number of aryl methyl sites for hydroxylation is 1. The second-order valence-corrected chi connectivity index (χ2v) is 4.99. The first-order valence-corrected chi connectivity index (χ1v) is 6.68. The zero-order valence-corrected chi connectivity index (χ0v) is 11.5. The lowest BCUT2D eigenvalue weighted by Crippen LogP contribution is -2.10. The molecule has 21 heavy (non-hydrogen) atoms. The molecule has 1 unspecified atom stereocenters. The smallest absolute Gasteiger partial charge is 0.219 e. The zero-order valence-electron chi connectivity index (χ0n) is 11.5. The number of furan rings is 1. The lowest BCUT2D eigenvalue weighted by molar-refractivity contribution is 0.0954. The van der Waals surface area contributed by atoms with Crippen molar-refractivity contribution in [2.75, 3.05) is 0 Å². The molecule has 0 aliphatic rings. The molecule has 0 fully saturated rings. The summed E-state index contributed by atoms with van der Waals surface area (Å²) in [4.78, 5) is 12.5. The highest BCUT2D eigenvalue weighted by atomic mass is 16.3. The van der Waals surface area contributed by atoms with Gasteiger partial charge in [-0.05, 0) is 24.6 Å². The Hall–Kier alpha value is -2.86. The van der Waals surface area contributed by atoms with Crippen LogP contribution in [-0.4, -0.2) is 5.78 Å². The second kappa shape index (κ2) is 5.26. The van der Waals surface area contributed by atoms with Gasteiger partial charge in [-0.1, -0.05) is 48.0 Å². The Morgan fingerprint density at radius 2 is 1.86 bits per heavy atom. The number of carbonyl (C=O) groups excluding carboxylic acids is 1. The number of ketones is 1. The molecule has 0 aliphatic carbocycles. The molecule has 0 saturated carbocycles. The molecule has 2 aromatic carbocycles. The molecule has 3 aromatic rings. The van der Waals surface area contributed by atoms with Gasteiger partial charge in [0.2, 0.25) is 5.78 Å². The van der Waals surface area contributed by atoms with Gasteiger partial charge < -0.3 is 4.42 Å². The third-order valence-electron chi connectivity index (χ3n) is 3.47. The number of nitrogens with zero attached hydrogens (tertiary/aromatic N) is 1. The maximum Gasteiger partial charge on any atom is 0.219 e. The zero-order chi connectivity index (χ0) is 14.8. The number of Topliss-reactive ketones (excluding diaryl/α,β-unsaturated/α-hetero) is 1. The highest BCUT2D eigenvalue weighted by Crippen LogP contribution is 2.25. The van der Waals surface area contributed by atoms with Gasteiger partial charge >= 0.3 is 0 Å². The summed E-state index contributed by atoms with van der Waals surface area (Å²) in [5, 5.41) is 10.2. The van der Waals surface area contributed by atoms with E-state index in [2.05, 4.69) is 6.07 Å². The average Bonchev–Trinajstić information content (AvgIpc) is 2.93. The van der Waals surface area contributed by atoms with E-state index in [0.29, 0.717) is 11.1 Å². The van der Waals surface area contributed by atoms with Crippen molar-refractivity contribution in [2.45, 2.75) is 12.8 Å². The minimum atomic E-state index is -0.842. The lowest BCUT2D eigenvalue weighted by Gasteiger charge is -2.06. The number of rotatable bonds is 3. The number of benzene rings is 2. The molecule has 3 nitrogen and oxygen atoms in total. The maximum absolute atomic E-state index is 12.5. The van der Waals surface area contributed by atoms with Crippen LogP contribution in [0.1, 0.15) is 27.6 Å². The van der Waals surface area contributed by atoms with Gasteiger partial charge in [-0.2, -0.15) is 5.26 Å². The number of fused-ring (bicyclic) bond motifs is 1. The molecular weight excluding hydrogens is 262 g/mol. The summed E-state index contributed by atoms with van der Waals surface area (Å²) in [6.45, 7) is 1.96. The van der Waals surface area contributed by atoms with Crippen LogP contribution in [0.4, 0.5) is 0 Å². The van der Waals surface area contributed by atoms with Crippen LogP contribution in [0, 0.1) is 18.3 Å². The largest absolute Gasteiger partial charge is 0.453 e. The van der Waals surface area contributed by atoms with Crippen molar-refractivity contribution in [1.29, 1.82) is 5.26 Å². The molecule has 0 amide bonds. The van der Waals surface area contributed by atoms with Crippen LogP contribution in [-0.2, 0) is 0 Å². The normalized spacial score (nSPS) is 12.0. The van der Waals surface area contributed by atoms with Gasteiger partial charge in [-0.3, -0.25) is 4.79 Å². The third-order valence-corrected chi connectivity index (χ3v) is 3.47. The van der Waals surface area contributed by atoms with E-state index in [9.17, 15) is 10.1 Å². The highest BCUT2D eigenvalue weighted by Gasteiger charge is 2.24. The first-order valence-electron chi connectivity index (χ1n) is 6.68. The third kappa shape index (κ3) is 2.44. The molecule has 102 valence electrons. The van der Waals surface area contributed by atoms with E-state index in [-0.39, 0.29) is 11.5 Å². The van der Waals surface area contributed by atoms with E-state index < -0.39 is 5.92 Å². The molecule has 0 aliphatic heterocycles. The maximum atomic E-state index is 12.5. The number of hydrogen-bond acceptors (Lipinski definition) is 3. The molecule has 0 bridgehead atoms. The van der Waals surface area contributed by atoms with E-state index in [1.807, 2.05) is 49.4 Å². The van der Waals surface area contributed by atoms with Crippen LogP contribution in [0.3, 0.4) is 0 Å². The number of nitriles is 1. The van der Waals surface area contributed by atoms with Crippen LogP contribution in [0.25, 0.3) is 11.0 Å².